The van der Waals surface area contributed by atoms with E-state index in [0.29, 0.717) is 13.0 Å². The number of nitrogens with zero attached hydrogens (tertiary/aromatic N) is 3. The predicted molar refractivity (Wildman–Crippen MR) is 83.9 cm³/mol. The summed E-state index contributed by atoms with van der Waals surface area (Å²) in [5, 5.41) is 7.09. The molecule has 2 atom stereocenters. The largest absolute Gasteiger partial charge is 0.356 e. The third kappa shape index (κ3) is 5.87. The number of carbonyl (C=O) groups is 1. The van der Waals surface area contributed by atoms with Crippen LogP contribution in [-0.2, 0) is 11.3 Å². The Balaban J connectivity index is 1.53. The molecule has 0 unspecified atom stereocenters. The molecule has 1 N–H and O–H groups in total. The Labute approximate surface area is 127 Å². The van der Waals surface area contributed by atoms with Gasteiger partial charge in [0.2, 0.25) is 5.91 Å². The zero-order valence-corrected chi connectivity index (χ0v) is 13.3. The minimum atomic E-state index is 0.117. The molecule has 5 nitrogen and oxygen atoms in total. The van der Waals surface area contributed by atoms with Gasteiger partial charge in [0.1, 0.15) is 0 Å². The third-order valence-electron chi connectivity index (χ3n) is 4.04. The highest BCUT2D eigenvalue weighted by atomic mass is 16.1. The second-order valence-corrected chi connectivity index (χ2v) is 6.43. The zero-order valence-electron chi connectivity index (χ0n) is 13.3. The molecular weight excluding hydrogens is 264 g/mol. The monoisotopic (exact) mass is 292 g/mol. The van der Waals surface area contributed by atoms with Crippen LogP contribution in [0.2, 0.25) is 0 Å². The van der Waals surface area contributed by atoms with Gasteiger partial charge < -0.3 is 10.2 Å². The summed E-state index contributed by atoms with van der Waals surface area (Å²) in [6, 6.07) is 1.87. The molecule has 0 bridgehead atoms. The Kier molecular flexibility index (Phi) is 6.23. The molecule has 0 aliphatic carbocycles. The van der Waals surface area contributed by atoms with Crippen molar-refractivity contribution in [2.75, 3.05) is 26.2 Å². The van der Waals surface area contributed by atoms with Crippen molar-refractivity contribution in [1.29, 1.82) is 0 Å². The van der Waals surface area contributed by atoms with Gasteiger partial charge in [0.15, 0.2) is 0 Å². The smallest absolute Gasteiger partial charge is 0.221 e. The van der Waals surface area contributed by atoms with Gasteiger partial charge in [-0.2, -0.15) is 5.10 Å². The van der Waals surface area contributed by atoms with Crippen LogP contribution >= 0.6 is 0 Å². The van der Waals surface area contributed by atoms with Gasteiger partial charge in [0, 0.05) is 45.0 Å². The lowest BCUT2D eigenvalue weighted by molar-refractivity contribution is -0.121. The number of piperidine rings is 1. The number of carbonyl (C=O) groups excluding carboxylic acids is 1. The molecule has 1 amide bonds. The maximum Gasteiger partial charge on any atom is 0.221 e. The molecule has 5 heteroatoms. The second-order valence-electron chi connectivity index (χ2n) is 6.43. The molecule has 2 rings (SSSR count). The Bertz CT molecular complexity index is 408. The van der Waals surface area contributed by atoms with E-state index in [4.69, 9.17) is 0 Å². The van der Waals surface area contributed by atoms with Crippen LogP contribution in [0.5, 0.6) is 0 Å². The summed E-state index contributed by atoms with van der Waals surface area (Å²) >= 11 is 0. The van der Waals surface area contributed by atoms with Gasteiger partial charge in [-0.15, -0.1) is 0 Å². The molecule has 1 fully saturated rings. The van der Waals surface area contributed by atoms with Gasteiger partial charge >= 0.3 is 0 Å². The van der Waals surface area contributed by atoms with Crippen LogP contribution in [0.25, 0.3) is 0 Å². The average Bonchev–Trinajstić information content (AvgIpc) is 2.93. The quantitative estimate of drug-likeness (QED) is 0.779. The molecule has 0 radical (unpaired) electrons. The summed E-state index contributed by atoms with van der Waals surface area (Å²) in [5.41, 5.74) is 0. The molecule has 0 spiro atoms. The molecule has 1 saturated heterocycles. The minimum absolute atomic E-state index is 0.117. The van der Waals surface area contributed by atoms with Crippen molar-refractivity contribution >= 4 is 5.91 Å². The van der Waals surface area contributed by atoms with Crippen molar-refractivity contribution in [2.45, 2.75) is 39.7 Å². The highest BCUT2D eigenvalue weighted by Crippen LogP contribution is 2.20. The first kappa shape index (κ1) is 16.0. The lowest BCUT2D eigenvalue weighted by Gasteiger charge is -2.34. The Morgan fingerprint density at radius 2 is 2.05 bits per heavy atom. The number of amides is 1. The standard InChI is InChI=1S/C16H28N4O/c1-14-11-15(2)13-19(12-14)8-3-6-17-16(21)5-10-20-9-4-7-18-20/h4,7,9,14-15H,3,5-6,8,10-13H2,1-2H3,(H,17,21)/t14-,15+. The molecule has 118 valence electrons. The van der Waals surface area contributed by atoms with E-state index in [2.05, 4.69) is 29.2 Å². The fourth-order valence-electron chi connectivity index (χ4n) is 3.24. The molecule has 1 aliphatic heterocycles. The molecule has 1 aromatic heterocycles. The number of aromatic nitrogens is 2. The first-order valence-corrected chi connectivity index (χ1v) is 8.10. The molecule has 0 saturated carbocycles. The normalized spacial score (nSPS) is 23.1. The van der Waals surface area contributed by atoms with E-state index in [-0.39, 0.29) is 5.91 Å². The molecule has 2 heterocycles. The van der Waals surface area contributed by atoms with E-state index < -0.39 is 0 Å². The van der Waals surface area contributed by atoms with Gasteiger partial charge in [-0.3, -0.25) is 9.48 Å². The average molecular weight is 292 g/mol. The van der Waals surface area contributed by atoms with E-state index in [1.165, 1.54) is 19.5 Å². The fraction of sp³-hybridized carbons (Fsp3) is 0.750. The maximum absolute atomic E-state index is 11.7. The number of hydrogen-bond donors (Lipinski definition) is 1. The van der Waals surface area contributed by atoms with Gasteiger partial charge in [-0.1, -0.05) is 13.8 Å². The van der Waals surface area contributed by atoms with Crippen LogP contribution in [-0.4, -0.2) is 46.8 Å². The van der Waals surface area contributed by atoms with Gasteiger partial charge in [-0.05, 0) is 37.3 Å². The molecule has 21 heavy (non-hydrogen) atoms. The van der Waals surface area contributed by atoms with E-state index in [9.17, 15) is 4.79 Å². The van der Waals surface area contributed by atoms with E-state index in [1.807, 2.05) is 12.3 Å². The lowest BCUT2D eigenvalue weighted by atomic mass is 9.92. The highest BCUT2D eigenvalue weighted by Gasteiger charge is 2.20. The Morgan fingerprint density at radius 1 is 1.29 bits per heavy atom. The summed E-state index contributed by atoms with van der Waals surface area (Å²) in [4.78, 5) is 14.3. The third-order valence-corrected chi connectivity index (χ3v) is 4.04. The molecule has 1 aliphatic rings. The van der Waals surface area contributed by atoms with Crippen LogP contribution in [0.4, 0.5) is 0 Å². The SMILES string of the molecule is C[C@@H]1C[C@H](C)CN(CCCNC(=O)CCn2cccn2)C1. The van der Waals surface area contributed by atoms with Crippen LogP contribution in [0, 0.1) is 11.8 Å². The number of nitrogens with one attached hydrogen (secondary N) is 1. The summed E-state index contributed by atoms with van der Waals surface area (Å²) in [6.07, 6.45) is 6.50. The lowest BCUT2D eigenvalue weighted by Crippen LogP contribution is -2.40. The maximum atomic E-state index is 11.7. The van der Waals surface area contributed by atoms with Crippen molar-refractivity contribution in [3.8, 4) is 0 Å². The summed E-state index contributed by atoms with van der Waals surface area (Å²) in [6.45, 7) is 9.60. The van der Waals surface area contributed by atoms with Gasteiger partial charge in [0.05, 0.1) is 0 Å². The van der Waals surface area contributed by atoms with Crippen LogP contribution in [0.1, 0.15) is 33.1 Å². The fourth-order valence-corrected chi connectivity index (χ4v) is 3.24. The summed E-state index contributed by atoms with van der Waals surface area (Å²) in [5.74, 6) is 1.72. The number of aryl methyl sites for hydroxylation is 1. The van der Waals surface area contributed by atoms with Crippen LogP contribution in [0.3, 0.4) is 0 Å². The predicted octanol–water partition coefficient (Wildman–Crippen LogP) is 1.76. The van der Waals surface area contributed by atoms with Crippen molar-refractivity contribution < 1.29 is 4.79 Å². The van der Waals surface area contributed by atoms with E-state index in [1.54, 1.807) is 10.9 Å². The topological polar surface area (TPSA) is 50.2 Å². The van der Waals surface area contributed by atoms with Crippen molar-refractivity contribution in [3.63, 3.8) is 0 Å². The van der Waals surface area contributed by atoms with Crippen molar-refractivity contribution in [3.05, 3.63) is 18.5 Å². The van der Waals surface area contributed by atoms with E-state index in [0.717, 1.165) is 31.3 Å². The summed E-state index contributed by atoms with van der Waals surface area (Å²) < 4.78 is 1.79. The number of rotatable bonds is 7. The zero-order chi connectivity index (χ0) is 15.1. The Morgan fingerprint density at radius 3 is 2.71 bits per heavy atom. The van der Waals surface area contributed by atoms with Crippen molar-refractivity contribution in [1.82, 2.24) is 20.0 Å². The van der Waals surface area contributed by atoms with Crippen LogP contribution in [0.15, 0.2) is 18.5 Å². The summed E-state index contributed by atoms with van der Waals surface area (Å²) in [7, 11) is 0. The Hall–Kier alpha value is -1.36. The molecule has 1 aromatic rings. The first-order valence-electron chi connectivity index (χ1n) is 8.10. The minimum Gasteiger partial charge on any atom is -0.356 e. The van der Waals surface area contributed by atoms with Gasteiger partial charge in [-0.25, -0.2) is 0 Å². The second kappa shape index (κ2) is 8.17. The van der Waals surface area contributed by atoms with Gasteiger partial charge in [0.25, 0.3) is 0 Å². The molecular formula is C16H28N4O. The van der Waals surface area contributed by atoms with Crippen molar-refractivity contribution in [2.24, 2.45) is 11.8 Å². The number of likely N-dealkylation sites (tertiary alicyclic amines) is 1. The molecule has 0 aromatic carbocycles. The first-order chi connectivity index (χ1) is 10.1. The number of hydrogen-bond acceptors (Lipinski definition) is 3. The highest BCUT2D eigenvalue weighted by molar-refractivity contribution is 5.75. The van der Waals surface area contributed by atoms with E-state index >= 15 is 0 Å². The van der Waals surface area contributed by atoms with Crippen LogP contribution < -0.4 is 5.32 Å².